The molecule has 20 heavy (non-hydrogen) atoms. The lowest BCUT2D eigenvalue weighted by molar-refractivity contribution is 0.0596. The number of carbonyl (C=O) groups excluding carboxylic acids is 1. The average molecular weight is 321 g/mol. The summed E-state index contributed by atoms with van der Waals surface area (Å²) in [6.07, 6.45) is 0. The summed E-state index contributed by atoms with van der Waals surface area (Å²) in [5.74, 6) is -0.756. The number of nitrogens with two attached hydrogens (primary N) is 1. The number of hydrogen-bond donors (Lipinski definition) is 2. The van der Waals surface area contributed by atoms with Gasteiger partial charge in [-0.1, -0.05) is 11.6 Å². The molecule has 0 aromatic heterocycles. The van der Waals surface area contributed by atoms with Crippen LogP contribution in [0.1, 0.15) is 24.2 Å². The van der Waals surface area contributed by atoms with E-state index in [4.69, 9.17) is 17.3 Å². The Hall–Kier alpha value is -1.15. The van der Waals surface area contributed by atoms with Gasteiger partial charge in [-0.25, -0.2) is 17.9 Å². The van der Waals surface area contributed by atoms with E-state index in [1.807, 2.05) is 0 Å². The van der Waals surface area contributed by atoms with Gasteiger partial charge in [-0.05, 0) is 32.0 Å². The van der Waals surface area contributed by atoms with Crippen molar-refractivity contribution in [2.24, 2.45) is 5.73 Å². The Morgan fingerprint density at radius 1 is 1.45 bits per heavy atom. The molecule has 0 amide bonds. The Labute approximate surface area is 123 Å². The van der Waals surface area contributed by atoms with Crippen molar-refractivity contribution in [2.45, 2.75) is 24.3 Å². The summed E-state index contributed by atoms with van der Waals surface area (Å²) in [5, 5.41) is 0.199. The zero-order valence-corrected chi connectivity index (χ0v) is 13.0. The molecule has 112 valence electrons. The molecule has 0 saturated carbocycles. The summed E-state index contributed by atoms with van der Waals surface area (Å²) in [6, 6.07) is 3.91. The van der Waals surface area contributed by atoms with E-state index in [-0.39, 0.29) is 22.0 Å². The maximum atomic E-state index is 12.2. The lowest BCUT2D eigenvalue weighted by atomic mass is 10.1. The fourth-order valence-corrected chi connectivity index (χ4v) is 3.03. The van der Waals surface area contributed by atoms with Gasteiger partial charge in [-0.2, -0.15) is 0 Å². The van der Waals surface area contributed by atoms with Gasteiger partial charge < -0.3 is 10.5 Å². The van der Waals surface area contributed by atoms with E-state index in [2.05, 4.69) is 9.46 Å². The summed E-state index contributed by atoms with van der Waals surface area (Å²) in [7, 11) is -2.75. The van der Waals surface area contributed by atoms with Crippen molar-refractivity contribution < 1.29 is 17.9 Å². The summed E-state index contributed by atoms with van der Waals surface area (Å²) >= 11 is 5.79. The van der Waals surface area contributed by atoms with Gasteiger partial charge in [-0.15, -0.1) is 0 Å². The van der Waals surface area contributed by atoms with Crippen LogP contribution in [0, 0.1) is 0 Å². The van der Waals surface area contributed by atoms with Crippen LogP contribution in [0.25, 0.3) is 0 Å². The van der Waals surface area contributed by atoms with Crippen molar-refractivity contribution >= 4 is 27.6 Å². The standard InChI is InChI=1S/C12H17ClN2O4S/c1-12(2,14)7-15-20(17,18)10-6-8(13)4-5-9(10)11(16)19-3/h4-6,15H,7,14H2,1-3H3. The molecule has 0 aliphatic carbocycles. The van der Waals surface area contributed by atoms with E-state index in [1.165, 1.54) is 25.3 Å². The van der Waals surface area contributed by atoms with Crippen LogP contribution in [0.4, 0.5) is 0 Å². The lowest BCUT2D eigenvalue weighted by Crippen LogP contribution is -2.45. The number of nitrogens with one attached hydrogen (secondary N) is 1. The Balaban J connectivity index is 3.23. The molecule has 1 aromatic rings. The first-order chi connectivity index (χ1) is 9.07. The highest BCUT2D eigenvalue weighted by Gasteiger charge is 2.25. The number of ether oxygens (including phenoxy) is 1. The molecule has 0 atom stereocenters. The van der Waals surface area contributed by atoms with Crippen molar-refractivity contribution in [1.82, 2.24) is 4.72 Å². The molecule has 8 heteroatoms. The van der Waals surface area contributed by atoms with Crippen LogP contribution in [0.15, 0.2) is 23.1 Å². The maximum absolute atomic E-state index is 12.2. The largest absolute Gasteiger partial charge is 0.465 e. The van der Waals surface area contributed by atoms with Crippen LogP contribution in [0.3, 0.4) is 0 Å². The molecule has 1 aromatic carbocycles. The van der Waals surface area contributed by atoms with Gasteiger partial charge in [-0.3, -0.25) is 0 Å². The highest BCUT2D eigenvalue weighted by molar-refractivity contribution is 7.89. The zero-order valence-electron chi connectivity index (χ0n) is 11.4. The number of hydrogen-bond acceptors (Lipinski definition) is 5. The molecular weight excluding hydrogens is 304 g/mol. The number of rotatable bonds is 5. The van der Waals surface area contributed by atoms with Crippen molar-refractivity contribution in [3.63, 3.8) is 0 Å². The SMILES string of the molecule is COC(=O)c1ccc(Cl)cc1S(=O)(=O)NCC(C)(C)N. The molecule has 0 fully saturated rings. The maximum Gasteiger partial charge on any atom is 0.339 e. The average Bonchev–Trinajstić information content (AvgIpc) is 2.35. The van der Waals surface area contributed by atoms with Crippen LogP contribution >= 0.6 is 11.6 Å². The van der Waals surface area contributed by atoms with Gasteiger partial charge in [0.1, 0.15) is 0 Å². The minimum absolute atomic E-state index is 0.0163. The first-order valence-corrected chi connectivity index (χ1v) is 7.59. The molecule has 0 spiro atoms. The zero-order chi connectivity index (χ0) is 15.6. The van der Waals surface area contributed by atoms with Gasteiger partial charge in [0.05, 0.1) is 17.6 Å². The van der Waals surface area contributed by atoms with E-state index >= 15 is 0 Å². The summed E-state index contributed by atoms with van der Waals surface area (Å²) < 4.78 is 31.4. The summed E-state index contributed by atoms with van der Waals surface area (Å²) in [6.45, 7) is 3.37. The molecule has 0 radical (unpaired) electrons. The third-order valence-corrected chi connectivity index (χ3v) is 4.03. The first kappa shape index (κ1) is 16.9. The Bertz CT molecular complexity index is 608. The molecule has 0 aliphatic rings. The highest BCUT2D eigenvalue weighted by atomic mass is 35.5. The van der Waals surface area contributed by atoms with Gasteiger partial charge in [0.25, 0.3) is 0 Å². The lowest BCUT2D eigenvalue weighted by Gasteiger charge is -2.19. The third kappa shape index (κ3) is 4.45. The van der Waals surface area contributed by atoms with E-state index in [9.17, 15) is 13.2 Å². The van der Waals surface area contributed by atoms with Crippen LogP contribution in [-0.2, 0) is 14.8 Å². The smallest absolute Gasteiger partial charge is 0.339 e. The fraction of sp³-hybridized carbons (Fsp3) is 0.417. The quantitative estimate of drug-likeness (QED) is 0.793. The van der Waals surface area contributed by atoms with E-state index < -0.39 is 21.5 Å². The number of halogens is 1. The molecule has 0 bridgehead atoms. The van der Waals surface area contributed by atoms with Crippen molar-refractivity contribution in [3.05, 3.63) is 28.8 Å². The molecular formula is C12H17ClN2O4S. The van der Waals surface area contributed by atoms with E-state index in [0.717, 1.165) is 0 Å². The van der Waals surface area contributed by atoms with Gasteiger partial charge in [0.15, 0.2) is 0 Å². The topological polar surface area (TPSA) is 98.5 Å². The molecule has 0 saturated heterocycles. The predicted molar refractivity (Wildman–Crippen MR) is 76.2 cm³/mol. The minimum atomic E-state index is -3.92. The van der Waals surface area contributed by atoms with Crippen molar-refractivity contribution in [3.8, 4) is 0 Å². The number of carbonyl (C=O) groups is 1. The molecule has 0 heterocycles. The number of benzene rings is 1. The predicted octanol–water partition coefficient (Wildman–Crippen LogP) is 1.14. The third-order valence-electron chi connectivity index (χ3n) is 2.36. The van der Waals surface area contributed by atoms with E-state index in [0.29, 0.717) is 0 Å². The van der Waals surface area contributed by atoms with Crippen LogP contribution in [0.5, 0.6) is 0 Å². The molecule has 3 N–H and O–H groups in total. The molecule has 6 nitrogen and oxygen atoms in total. The number of esters is 1. The second kappa shape index (κ2) is 6.09. The Kier molecular flexibility index (Phi) is 5.15. The monoisotopic (exact) mass is 320 g/mol. The second-order valence-corrected chi connectivity index (χ2v) is 7.12. The normalized spacial score (nSPS) is 12.2. The van der Waals surface area contributed by atoms with E-state index in [1.54, 1.807) is 13.8 Å². The Morgan fingerprint density at radius 2 is 2.05 bits per heavy atom. The number of sulfonamides is 1. The minimum Gasteiger partial charge on any atom is -0.465 e. The van der Waals surface area contributed by atoms with Crippen molar-refractivity contribution in [1.29, 1.82) is 0 Å². The van der Waals surface area contributed by atoms with Gasteiger partial charge in [0.2, 0.25) is 10.0 Å². The Morgan fingerprint density at radius 3 is 2.55 bits per heavy atom. The van der Waals surface area contributed by atoms with Crippen LogP contribution < -0.4 is 10.5 Å². The molecule has 1 rings (SSSR count). The number of methoxy groups -OCH3 is 1. The summed E-state index contributed by atoms with van der Waals surface area (Å²) in [4.78, 5) is 11.4. The van der Waals surface area contributed by atoms with Crippen molar-refractivity contribution in [2.75, 3.05) is 13.7 Å². The first-order valence-electron chi connectivity index (χ1n) is 5.73. The molecule has 0 aliphatic heterocycles. The second-order valence-electron chi connectivity index (χ2n) is 4.95. The highest BCUT2D eigenvalue weighted by Crippen LogP contribution is 2.21. The molecule has 0 unspecified atom stereocenters. The fourth-order valence-electron chi connectivity index (χ4n) is 1.36. The van der Waals surface area contributed by atoms with Gasteiger partial charge >= 0.3 is 5.97 Å². The van der Waals surface area contributed by atoms with Gasteiger partial charge in [0, 0.05) is 17.1 Å². The van der Waals surface area contributed by atoms with Crippen LogP contribution in [0.2, 0.25) is 5.02 Å². The van der Waals surface area contributed by atoms with Crippen LogP contribution in [-0.4, -0.2) is 33.6 Å². The summed E-state index contributed by atoms with van der Waals surface area (Å²) in [5.41, 5.74) is 4.92.